The lowest BCUT2D eigenvalue weighted by Gasteiger charge is -2.28. The molecule has 0 bridgehead atoms. The van der Waals surface area contributed by atoms with E-state index in [1.807, 2.05) is 13.1 Å². The van der Waals surface area contributed by atoms with Crippen LogP contribution >= 0.6 is 15.9 Å². The van der Waals surface area contributed by atoms with E-state index in [2.05, 4.69) is 52.0 Å². The van der Waals surface area contributed by atoms with Gasteiger partial charge in [-0.15, -0.1) is 0 Å². The Morgan fingerprint density at radius 2 is 1.86 bits per heavy atom. The van der Waals surface area contributed by atoms with Crippen LogP contribution in [0.2, 0.25) is 0 Å². The summed E-state index contributed by atoms with van der Waals surface area (Å²) in [7, 11) is 1.97. The Labute approximate surface area is 133 Å². The van der Waals surface area contributed by atoms with Gasteiger partial charge in [0.15, 0.2) is 0 Å². The molecule has 0 radical (unpaired) electrons. The highest BCUT2D eigenvalue weighted by Crippen LogP contribution is 2.25. The van der Waals surface area contributed by atoms with Crippen LogP contribution in [0.1, 0.15) is 22.7 Å². The largest absolute Gasteiger partial charge is 0.329 e. The Balaban J connectivity index is 2.18. The van der Waals surface area contributed by atoms with Crippen molar-refractivity contribution in [2.45, 2.75) is 19.5 Å². The van der Waals surface area contributed by atoms with Crippen LogP contribution in [0.15, 0.2) is 46.9 Å². The minimum atomic E-state index is -0.226. The molecule has 0 spiro atoms. The van der Waals surface area contributed by atoms with Crippen LogP contribution in [-0.2, 0) is 6.54 Å². The van der Waals surface area contributed by atoms with Crippen LogP contribution in [0.25, 0.3) is 0 Å². The second-order valence-electron chi connectivity index (χ2n) is 5.32. The number of aryl methyl sites for hydroxylation is 1. The highest BCUT2D eigenvalue weighted by Gasteiger charge is 2.19. The van der Waals surface area contributed by atoms with Crippen LogP contribution in [-0.4, -0.2) is 18.5 Å². The first kappa shape index (κ1) is 16.1. The molecular formula is C17H20BrFN2. The number of benzene rings is 2. The number of nitrogens with zero attached hydrogens (tertiary/aromatic N) is 1. The van der Waals surface area contributed by atoms with Gasteiger partial charge in [0.05, 0.1) is 0 Å². The van der Waals surface area contributed by atoms with Gasteiger partial charge in [0, 0.05) is 29.2 Å². The van der Waals surface area contributed by atoms with Gasteiger partial charge in [0.25, 0.3) is 0 Å². The Bertz CT molecular complexity index is 598. The van der Waals surface area contributed by atoms with Crippen LogP contribution in [0, 0.1) is 12.7 Å². The predicted molar refractivity (Wildman–Crippen MR) is 88.5 cm³/mol. The summed E-state index contributed by atoms with van der Waals surface area (Å²) >= 11 is 3.28. The third kappa shape index (κ3) is 4.13. The van der Waals surface area contributed by atoms with Crippen LogP contribution in [0.4, 0.5) is 4.39 Å². The van der Waals surface area contributed by atoms with E-state index in [0.717, 1.165) is 11.0 Å². The Morgan fingerprint density at radius 3 is 2.43 bits per heavy atom. The molecule has 1 unspecified atom stereocenters. The lowest BCUT2D eigenvalue weighted by molar-refractivity contribution is 0.236. The van der Waals surface area contributed by atoms with Crippen molar-refractivity contribution >= 4 is 15.9 Å². The molecule has 2 N–H and O–H groups in total. The van der Waals surface area contributed by atoms with Gasteiger partial charge in [-0.05, 0) is 31.7 Å². The van der Waals surface area contributed by atoms with Gasteiger partial charge >= 0.3 is 0 Å². The molecule has 2 aromatic carbocycles. The summed E-state index contributed by atoms with van der Waals surface area (Å²) < 4.78 is 14.9. The van der Waals surface area contributed by atoms with Crippen molar-refractivity contribution < 1.29 is 4.39 Å². The highest BCUT2D eigenvalue weighted by molar-refractivity contribution is 9.10. The smallest absolute Gasteiger partial charge is 0.129 e. The van der Waals surface area contributed by atoms with E-state index in [4.69, 9.17) is 5.73 Å². The van der Waals surface area contributed by atoms with Gasteiger partial charge in [0.2, 0.25) is 0 Å². The molecule has 0 amide bonds. The van der Waals surface area contributed by atoms with Gasteiger partial charge in [-0.25, -0.2) is 4.39 Å². The molecule has 21 heavy (non-hydrogen) atoms. The average Bonchev–Trinajstić information content (AvgIpc) is 2.44. The molecule has 0 aliphatic rings. The summed E-state index contributed by atoms with van der Waals surface area (Å²) in [5, 5.41) is 0. The van der Waals surface area contributed by atoms with Gasteiger partial charge in [-0.3, -0.25) is 4.90 Å². The molecule has 4 heteroatoms. The van der Waals surface area contributed by atoms with E-state index < -0.39 is 0 Å². The Kier molecular flexibility index (Phi) is 5.51. The topological polar surface area (TPSA) is 29.3 Å². The number of rotatable bonds is 5. The number of hydrogen-bond acceptors (Lipinski definition) is 2. The van der Waals surface area contributed by atoms with E-state index in [9.17, 15) is 4.39 Å². The highest BCUT2D eigenvalue weighted by atomic mass is 79.9. The first-order valence-corrected chi connectivity index (χ1v) is 7.71. The third-order valence-corrected chi connectivity index (χ3v) is 4.12. The average molecular weight is 351 g/mol. The maximum absolute atomic E-state index is 14.1. The fourth-order valence-electron chi connectivity index (χ4n) is 2.41. The molecule has 2 aromatic rings. The summed E-state index contributed by atoms with van der Waals surface area (Å²) in [6.07, 6.45) is 0. The lowest BCUT2D eigenvalue weighted by atomic mass is 10.0. The normalized spacial score (nSPS) is 12.7. The van der Waals surface area contributed by atoms with Crippen molar-refractivity contribution in [2.75, 3.05) is 13.6 Å². The maximum Gasteiger partial charge on any atom is 0.129 e. The first-order valence-electron chi connectivity index (χ1n) is 6.92. The minimum absolute atomic E-state index is 0.139. The fraction of sp³-hybridized carbons (Fsp3) is 0.294. The molecule has 0 aliphatic carbocycles. The fourth-order valence-corrected chi connectivity index (χ4v) is 2.74. The molecule has 0 heterocycles. The van der Waals surface area contributed by atoms with Gasteiger partial charge < -0.3 is 5.73 Å². The minimum Gasteiger partial charge on any atom is -0.329 e. The molecule has 1 atom stereocenters. The van der Waals surface area contributed by atoms with E-state index in [0.29, 0.717) is 12.1 Å². The number of nitrogens with two attached hydrogens (primary N) is 1. The van der Waals surface area contributed by atoms with Crippen LogP contribution in [0.5, 0.6) is 0 Å². The number of halogens is 2. The second kappa shape index (κ2) is 7.16. The third-order valence-electron chi connectivity index (χ3n) is 3.63. The molecule has 0 saturated heterocycles. The summed E-state index contributed by atoms with van der Waals surface area (Å²) in [6.45, 7) is 3.17. The van der Waals surface area contributed by atoms with Crippen molar-refractivity contribution in [1.29, 1.82) is 0 Å². The van der Waals surface area contributed by atoms with Crippen molar-refractivity contribution in [1.82, 2.24) is 4.90 Å². The van der Waals surface area contributed by atoms with E-state index in [-0.39, 0.29) is 11.9 Å². The molecule has 2 nitrogen and oxygen atoms in total. The first-order chi connectivity index (χ1) is 10.0. The van der Waals surface area contributed by atoms with Crippen molar-refractivity contribution in [2.24, 2.45) is 5.73 Å². The maximum atomic E-state index is 14.1. The van der Waals surface area contributed by atoms with Crippen LogP contribution in [0.3, 0.4) is 0 Å². The van der Waals surface area contributed by atoms with E-state index >= 15 is 0 Å². The predicted octanol–water partition coefficient (Wildman–Crippen LogP) is 4.03. The van der Waals surface area contributed by atoms with Gasteiger partial charge in [-0.1, -0.05) is 51.8 Å². The van der Waals surface area contributed by atoms with Gasteiger partial charge in [-0.2, -0.15) is 0 Å². The summed E-state index contributed by atoms with van der Waals surface area (Å²) in [4.78, 5) is 2.08. The van der Waals surface area contributed by atoms with E-state index in [1.54, 1.807) is 6.07 Å². The molecular weight excluding hydrogens is 331 g/mol. The van der Waals surface area contributed by atoms with Crippen molar-refractivity contribution in [3.05, 3.63) is 69.4 Å². The molecule has 0 fully saturated rings. The molecule has 0 aromatic heterocycles. The Hall–Kier alpha value is -1.23. The Morgan fingerprint density at radius 1 is 1.19 bits per heavy atom. The van der Waals surface area contributed by atoms with E-state index in [1.165, 1.54) is 17.2 Å². The molecule has 0 saturated carbocycles. The molecule has 2 rings (SSSR count). The standard InChI is InChI=1S/C17H20BrFN2/c1-12-3-5-13(6-4-12)11-21(2)17(10-20)15-8-7-14(18)9-16(15)19/h3-9,17H,10-11,20H2,1-2H3. The van der Waals surface area contributed by atoms with Crippen molar-refractivity contribution in [3.8, 4) is 0 Å². The number of likely N-dealkylation sites (N-methyl/N-ethyl adjacent to an activating group) is 1. The summed E-state index contributed by atoms with van der Waals surface area (Å²) in [5.41, 5.74) is 8.93. The van der Waals surface area contributed by atoms with Gasteiger partial charge in [0.1, 0.15) is 5.82 Å². The summed E-state index contributed by atoms with van der Waals surface area (Å²) in [5.74, 6) is -0.226. The zero-order valence-corrected chi connectivity index (χ0v) is 13.9. The monoisotopic (exact) mass is 350 g/mol. The quantitative estimate of drug-likeness (QED) is 0.881. The zero-order valence-electron chi connectivity index (χ0n) is 12.3. The molecule has 112 valence electrons. The van der Waals surface area contributed by atoms with Crippen LogP contribution < -0.4 is 5.73 Å². The second-order valence-corrected chi connectivity index (χ2v) is 6.23. The molecule has 0 aliphatic heterocycles. The SMILES string of the molecule is Cc1ccc(CN(C)C(CN)c2ccc(Br)cc2F)cc1. The lowest BCUT2D eigenvalue weighted by Crippen LogP contribution is -2.30. The zero-order chi connectivity index (χ0) is 15.4. The van der Waals surface area contributed by atoms with Crippen molar-refractivity contribution in [3.63, 3.8) is 0 Å². The summed E-state index contributed by atoms with van der Waals surface area (Å²) in [6, 6.07) is 13.3. The number of hydrogen-bond donors (Lipinski definition) is 1.